The highest BCUT2D eigenvalue weighted by molar-refractivity contribution is 5.85. The summed E-state index contributed by atoms with van der Waals surface area (Å²) in [5.74, 6) is 1.75. The molecular formula is C22H34Cl2N4. The van der Waals surface area contributed by atoms with Gasteiger partial charge in [-0.2, -0.15) is 0 Å². The Labute approximate surface area is 180 Å². The Morgan fingerprint density at radius 2 is 1.79 bits per heavy atom. The van der Waals surface area contributed by atoms with Gasteiger partial charge in [-0.15, -0.1) is 24.8 Å². The number of aryl methyl sites for hydroxylation is 1. The van der Waals surface area contributed by atoms with Crippen LogP contribution in [-0.2, 0) is 12.0 Å². The summed E-state index contributed by atoms with van der Waals surface area (Å²) < 4.78 is 4.66. The number of rotatable bonds is 4. The number of hydrogen-bond acceptors (Lipinski definition) is 2. The van der Waals surface area contributed by atoms with Gasteiger partial charge in [-0.3, -0.25) is 4.40 Å². The van der Waals surface area contributed by atoms with Crippen LogP contribution in [0.5, 0.6) is 0 Å². The van der Waals surface area contributed by atoms with Crippen molar-refractivity contribution in [1.29, 1.82) is 0 Å². The van der Waals surface area contributed by atoms with E-state index in [4.69, 9.17) is 10.7 Å². The monoisotopic (exact) mass is 424 g/mol. The fraction of sp³-hybridized carbons (Fsp3) is 0.591. The van der Waals surface area contributed by atoms with E-state index < -0.39 is 0 Å². The molecule has 4 rings (SSSR count). The Morgan fingerprint density at radius 1 is 1.11 bits per heavy atom. The Kier molecular flexibility index (Phi) is 7.46. The van der Waals surface area contributed by atoms with Crippen molar-refractivity contribution in [1.82, 2.24) is 14.0 Å². The molecule has 1 fully saturated rings. The summed E-state index contributed by atoms with van der Waals surface area (Å²) >= 11 is 0. The number of nitrogens with two attached hydrogens (primary N) is 1. The number of imidazole rings is 2. The van der Waals surface area contributed by atoms with Crippen LogP contribution in [0.3, 0.4) is 0 Å². The van der Waals surface area contributed by atoms with Gasteiger partial charge in [0.05, 0.1) is 11.0 Å². The van der Waals surface area contributed by atoms with E-state index in [-0.39, 0.29) is 30.2 Å². The van der Waals surface area contributed by atoms with Crippen LogP contribution in [0.2, 0.25) is 0 Å². The second-order valence-electron chi connectivity index (χ2n) is 9.04. The topological polar surface area (TPSA) is 48.2 Å². The maximum Gasteiger partial charge on any atom is 0.215 e. The van der Waals surface area contributed by atoms with E-state index in [2.05, 4.69) is 60.2 Å². The highest BCUT2D eigenvalue weighted by Gasteiger charge is 2.25. The number of fused-ring (bicyclic) bond motifs is 3. The molecule has 0 radical (unpaired) electrons. The molecule has 0 saturated heterocycles. The molecule has 1 aromatic carbocycles. The van der Waals surface area contributed by atoms with Crippen LogP contribution in [0.4, 0.5) is 0 Å². The van der Waals surface area contributed by atoms with Crippen LogP contribution >= 0.6 is 24.8 Å². The van der Waals surface area contributed by atoms with E-state index in [1.807, 2.05) is 0 Å². The van der Waals surface area contributed by atoms with Crippen LogP contribution in [0.1, 0.15) is 65.0 Å². The minimum atomic E-state index is 0. The number of halogens is 2. The predicted octanol–water partition coefficient (Wildman–Crippen LogP) is 5.73. The zero-order valence-electron chi connectivity index (χ0n) is 17.2. The van der Waals surface area contributed by atoms with Crippen molar-refractivity contribution in [3.63, 3.8) is 0 Å². The summed E-state index contributed by atoms with van der Waals surface area (Å²) in [6, 6.07) is 8.69. The molecule has 0 spiro atoms. The van der Waals surface area contributed by atoms with Gasteiger partial charge in [0.15, 0.2) is 0 Å². The molecule has 0 bridgehead atoms. The summed E-state index contributed by atoms with van der Waals surface area (Å²) in [4.78, 5) is 4.92. The second kappa shape index (κ2) is 9.06. The van der Waals surface area contributed by atoms with Crippen molar-refractivity contribution in [2.45, 2.75) is 77.3 Å². The number of hydrogen-bond donors (Lipinski definition) is 1. The molecule has 1 atom stereocenters. The summed E-state index contributed by atoms with van der Waals surface area (Å²) in [6.45, 7) is 7.79. The van der Waals surface area contributed by atoms with Crippen LogP contribution < -0.4 is 5.73 Å². The van der Waals surface area contributed by atoms with Crippen molar-refractivity contribution in [3.8, 4) is 0 Å². The molecule has 4 nitrogen and oxygen atoms in total. The fourth-order valence-electron chi connectivity index (χ4n) is 4.54. The SMILES string of the molecule is CC(C)(C)c1cn2c3ccccc3nc2n1CCC(N)C1CCCCC1.Cl.Cl. The van der Waals surface area contributed by atoms with Gasteiger partial charge in [-0.05, 0) is 37.3 Å². The molecule has 2 aromatic heterocycles. The Balaban J connectivity index is 0.00000140. The van der Waals surface area contributed by atoms with Crippen LogP contribution in [0.25, 0.3) is 16.8 Å². The van der Waals surface area contributed by atoms with Gasteiger partial charge < -0.3 is 10.3 Å². The van der Waals surface area contributed by atoms with Gasteiger partial charge >= 0.3 is 0 Å². The van der Waals surface area contributed by atoms with E-state index in [0.717, 1.165) is 24.3 Å². The van der Waals surface area contributed by atoms with Gasteiger partial charge in [-0.25, -0.2) is 4.98 Å². The highest BCUT2D eigenvalue weighted by Crippen LogP contribution is 2.30. The van der Waals surface area contributed by atoms with Gasteiger partial charge in [0.2, 0.25) is 5.78 Å². The summed E-state index contributed by atoms with van der Waals surface area (Å²) in [6.07, 6.45) is 10.0. The lowest BCUT2D eigenvalue weighted by molar-refractivity contribution is 0.287. The molecule has 1 unspecified atom stereocenters. The molecule has 6 heteroatoms. The third-order valence-corrected chi connectivity index (χ3v) is 6.07. The first-order valence-electron chi connectivity index (χ1n) is 10.2. The molecule has 2 heterocycles. The highest BCUT2D eigenvalue weighted by atomic mass is 35.5. The molecule has 3 aromatic rings. The average Bonchev–Trinajstić information content (AvgIpc) is 3.16. The van der Waals surface area contributed by atoms with Gasteiger partial charge in [0.1, 0.15) is 0 Å². The van der Waals surface area contributed by atoms with Crippen LogP contribution in [0, 0.1) is 5.92 Å². The lowest BCUT2D eigenvalue weighted by Gasteiger charge is -2.28. The fourth-order valence-corrected chi connectivity index (χ4v) is 4.54. The molecular weight excluding hydrogens is 391 g/mol. The normalized spacial score (nSPS) is 16.7. The molecule has 1 aliphatic carbocycles. The van der Waals surface area contributed by atoms with E-state index >= 15 is 0 Å². The first-order chi connectivity index (χ1) is 12.4. The molecule has 0 amide bonds. The lowest BCUT2D eigenvalue weighted by Crippen LogP contribution is -2.33. The maximum absolute atomic E-state index is 6.60. The quantitative estimate of drug-likeness (QED) is 0.581. The summed E-state index contributed by atoms with van der Waals surface area (Å²) in [7, 11) is 0. The number of nitrogens with zero attached hydrogens (tertiary/aromatic N) is 3. The molecule has 156 valence electrons. The minimum Gasteiger partial charge on any atom is -0.327 e. The third kappa shape index (κ3) is 4.34. The van der Waals surface area contributed by atoms with E-state index in [9.17, 15) is 0 Å². The Morgan fingerprint density at radius 3 is 2.46 bits per heavy atom. The van der Waals surface area contributed by atoms with Gasteiger partial charge in [0.25, 0.3) is 0 Å². The number of benzene rings is 1. The number of aromatic nitrogens is 3. The molecule has 28 heavy (non-hydrogen) atoms. The minimum absolute atomic E-state index is 0. The second-order valence-corrected chi connectivity index (χ2v) is 9.04. The zero-order chi connectivity index (χ0) is 18.3. The molecule has 1 aliphatic rings. The van der Waals surface area contributed by atoms with Crippen molar-refractivity contribution >= 4 is 41.6 Å². The largest absolute Gasteiger partial charge is 0.327 e. The first-order valence-corrected chi connectivity index (χ1v) is 10.2. The Hall–Kier alpha value is -1.23. The van der Waals surface area contributed by atoms with Crippen molar-refractivity contribution in [3.05, 3.63) is 36.2 Å². The smallest absolute Gasteiger partial charge is 0.215 e. The van der Waals surface area contributed by atoms with E-state index in [0.29, 0.717) is 12.0 Å². The maximum atomic E-state index is 6.60. The van der Waals surface area contributed by atoms with Crippen molar-refractivity contribution in [2.24, 2.45) is 11.7 Å². The van der Waals surface area contributed by atoms with Gasteiger partial charge in [-0.1, -0.05) is 52.2 Å². The van der Waals surface area contributed by atoms with E-state index in [1.165, 1.54) is 43.3 Å². The van der Waals surface area contributed by atoms with Crippen LogP contribution in [-0.4, -0.2) is 20.0 Å². The standard InChI is InChI=1S/C22H32N4.2ClH/c1-22(2,3)20-15-26-19-12-8-7-11-18(19)24-21(26)25(20)14-13-17(23)16-9-5-4-6-10-16;;/h7-8,11-12,15-17H,4-6,9-10,13-14,23H2,1-3H3;2*1H. The molecule has 2 N–H and O–H groups in total. The van der Waals surface area contributed by atoms with Crippen molar-refractivity contribution < 1.29 is 0 Å². The summed E-state index contributed by atoms with van der Waals surface area (Å²) in [5, 5.41) is 0. The third-order valence-electron chi connectivity index (χ3n) is 6.07. The van der Waals surface area contributed by atoms with E-state index in [1.54, 1.807) is 0 Å². The zero-order valence-corrected chi connectivity index (χ0v) is 18.9. The first kappa shape index (κ1) is 23.1. The van der Waals surface area contributed by atoms with Crippen LogP contribution in [0.15, 0.2) is 30.5 Å². The number of para-hydroxylation sites is 2. The molecule has 0 aliphatic heterocycles. The van der Waals surface area contributed by atoms with Crippen molar-refractivity contribution in [2.75, 3.05) is 0 Å². The average molecular weight is 425 g/mol. The lowest BCUT2D eigenvalue weighted by atomic mass is 9.83. The summed E-state index contributed by atoms with van der Waals surface area (Å²) in [5.41, 5.74) is 10.3. The predicted molar refractivity (Wildman–Crippen MR) is 123 cm³/mol. The molecule has 1 saturated carbocycles. The van der Waals surface area contributed by atoms with Gasteiger partial charge in [0, 0.05) is 29.9 Å². The Bertz CT molecular complexity index is 900.